The van der Waals surface area contributed by atoms with Crippen molar-refractivity contribution in [2.24, 2.45) is 0 Å². The molecule has 2 N–H and O–H groups in total. The van der Waals surface area contributed by atoms with E-state index in [1.165, 1.54) is 0 Å². The van der Waals surface area contributed by atoms with E-state index >= 15 is 0 Å². The summed E-state index contributed by atoms with van der Waals surface area (Å²) in [5, 5.41) is 14.6. The Morgan fingerprint density at radius 1 is 1.23 bits per heavy atom. The fraction of sp³-hybridized carbons (Fsp3) is 0.389. The first kappa shape index (κ1) is 18.6. The van der Waals surface area contributed by atoms with Crippen LogP contribution in [0.25, 0.3) is 0 Å². The van der Waals surface area contributed by atoms with Gasteiger partial charge in [0.25, 0.3) is 5.91 Å². The molecule has 1 atom stereocenters. The number of benzene rings is 1. The molecule has 1 aromatic heterocycles. The van der Waals surface area contributed by atoms with E-state index in [9.17, 15) is 4.79 Å². The number of halogens is 1. The van der Waals surface area contributed by atoms with E-state index in [0.717, 1.165) is 23.7 Å². The molecule has 0 bridgehead atoms. The maximum Gasteiger partial charge on any atom is 0.271 e. The molecule has 0 saturated carbocycles. The Labute approximate surface area is 157 Å². The predicted octanol–water partition coefficient (Wildman–Crippen LogP) is 1.97. The second kappa shape index (κ2) is 8.93. The molecule has 1 fully saturated rings. The number of carbonyl (C=O) groups is 1. The summed E-state index contributed by atoms with van der Waals surface area (Å²) < 4.78 is 5.47. The Morgan fingerprint density at radius 2 is 2.00 bits per heavy atom. The van der Waals surface area contributed by atoms with Crippen molar-refractivity contribution >= 4 is 23.3 Å². The molecule has 1 amide bonds. The summed E-state index contributed by atoms with van der Waals surface area (Å²) in [7, 11) is 1.56. The number of carbonyl (C=O) groups excluding carboxylic acids is 1. The molecule has 8 heteroatoms. The van der Waals surface area contributed by atoms with Gasteiger partial charge in [0.1, 0.15) is 5.82 Å². The molecular formula is C18H22ClN5O2. The molecule has 7 nitrogen and oxygen atoms in total. The lowest BCUT2D eigenvalue weighted by atomic mass is 10.0. The lowest BCUT2D eigenvalue weighted by Gasteiger charge is -2.35. The van der Waals surface area contributed by atoms with Crippen LogP contribution in [0.15, 0.2) is 36.4 Å². The van der Waals surface area contributed by atoms with Crippen molar-refractivity contribution in [1.29, 1.82) is 0 Å². The number of amides is 1. The zero-order valence-electron chi connectivity index (χ0n) is 14.6. The van der Waals surface area contributed by atoms with E-state index in [1.807, 2.05) is 24.3 Å². The smallest absolute Gasteiger partial charge is 0.271 e. The van der Waals surface area contributed by atoms with Crippen molar-refractivity contribution < 1.29 is 9.53 Å². The van der Waals surface area contributed by atoms with Crippen LogP contribution >= 0.6 is 11.6 Å². The van der Waals surface area contributed by atoms with E-state index in [-0.39, 0.29) is 17.6 Å². The highest BCUT2D eigenvalue weighted by Gasteiger charge is 2.24. The third-order valence-corrected chi connectivity index (χ3v) is 4.70. The van der Waals surface area contributed by atoms with Crippen LogP contribution in [-0.4, -0.2) is 60.9 Å². The van der Waals surface area contributed by atoms with Crippen LogP contribution in [-0.2, 0) is 4.74 Å². The monoisotopic (exact) mass is 375 g/mol. The Hall–Kier alpha value is -2.22. The number of morpholine rings is 1. The van der Waals surface area contributed by atoms with Gasteiger partial charge < -0.3 is 15.4 Å². The summed E-state index contributed by atoms with van der Waals surface area (Å²) in [4.78, 5) is 13.9. The summed E-state index contributed by atoms with van der Waals surface area (Å²) in [6, 6.07) is 11.4. The maximum atomic E-state index is 11.6. The van der Waals surface area contributed by atoms with Crippen molar-refractivity contribution in [3.8, 4) is 0 Å². The van der Waals surface area contributed by atoms with Crippen LogP contribution in [0, 0.1) is 0 Å². The number of hydrogen-bond acceptors (Lipinski definition) is 6. The number of hydrogen-bond donors (Lipinski definition) is 2. The van der Waals surface area contributed by atoms with Gasteiger partial charge in [-0.15, -0.1) is 10.2 Å². The summed E-state index contributed by atoms with van der Waals surface area (Å²) >= 11 is 6.43. The Bertz CT molecular complexity index is 735. The van der Waals surface area contributed by atoms with E-state index < -0.39 is 0 Å². The Kier molecular flexibility index (Phi) is 6.38. The third-order valence-electron chi connectivity index (χ3n) is 4.35. The number of rotatable bonds is 6. The van der Waals surface area contributed by atoms with Gasteiger partial charge in [-0.2, -0.15) is 0 Å². The largest absolute Gasteiger partial charge is 0.379 e. The maximum absolute atomic E-state index is 11.6. The van der Waals surface area contributed by atoms with Crippen LogP contribution in [0.5, 0.6) is 0 Å². The van der Waals surface area contributed by atoms with Crippen LogP contribution in [0.2, 0.25) is 5.02 Å². The lowest BCUT2D eigenvalue weighted by molar-refractivity contribution is 0.0187. The van der Waals surface area contributed by atoms with Gasteiger partial charge in [0.15, 0.2) is 5.69 Å². The molecule has 1 saturated heterocycles. The highest BCUT2D eigenvalue weighted by atomic mass is 35.5. The minimum atomic E-state index is -0.258. The predicted molar refractivity (Wildman–Crippen MR) is 100 cm³/mol. The first-order chi connectivity index (χ1) is 12.7. The lowest BCUT2D eigenvalue weighted by Crippen LogP contribution is -2.41. The van der Waals surface area contributed by atoms with Crippen molar-refractivity contribution in [3.63, 3.8) is 0 Å². The fourth-order valence-electron chi connectivity index (χ4n) is 2.95. The van der Waals surface area contributed by atoms with Crippen molar-refractivity contribution in [3.05, 3.63) is 52.7 Å². The molecule has 26 heavy (non-hydrogen) atoms. The van der Waals surface area contributed by atoms with E-state index in [2.05, 4.69) is 25.7 Å². The van der Waals surface area contributed by atoms with Gasteiger partial charge in [0.2, 0.25) is 0 Å². The van der Waals surface area contributed by atoms with Gasteiger partial charge >= 0.3 is 0 Å². The first-order valence-corrected chi connectivity index (χ1v) is 8.92. The highest BCUT2D eigenvalue weighted by Crippen LogP contribution is 2.28. The van der Waals surface area contributed by atoms with Gasteiger partial charge in [-0.05, 0) is 23.8 Å². The summed E-state index contributed by atoms with van der Waals surface area (Å²) in [5.41, 5.74) is 1.35. The molecule has 138 valence electrons. The zero-order valence-corrected chi connectivity index (χ0v) is 15.4. The number of nitrogens with one attached hydrogen (secondary N) is 2. The summed E-state index contributed by atoms with van der Waals surface area (Å²) in [6.07, 6.45) is 0. The molecule has 2 aromatic rings. The van der Waals surface area contributed by atoms with E-state index in [4.69, 9.17) is 16.3 Å². The molecule has 1 aliphatic heterocycles. The minimum Gasteiger partial charge on any atom is -0.379 e. The normalized spacial score (nSPS) is 16.1. The molecular weight excluding hydrogens is 354 g/mol. The second-order valence-corrected chi connectivity index (χ2v) is 6.36. The van der Waals surface area contributed by atoms with Crippen LogP contribution < -0.4 is 10.6 Å². The molecule has 1 unspecified atom stereocenters. The molecule has 0 spiro atoms. The average Bonchev–Trinajstić information content (AvgIpc) is 2.70. The van der Waals surface area contributed by atoms with Crippen LogP contribution in [0.3, 0.4) is 0 Å². The molecule has 1 aliphatic rings. The van der Waals surface area contributed by atoms with Gasteiger partial charge in [-0.3, -0.25) is 9.69 Å². The topological polar surface area (TPSA) is 79.4 Å². The summed E-state index contributed by atoms with van der Waals surface area (Å²) in [6.45, 7) is 3.73. The highest BCUT2D eigenvalue weighted by molar-refractivity contribution is 6.31. The SMILES string of the molecule is CNC(=O)c1ccc(NCC(c2ccccc2Cl)N2CCOCC2)nn1. The zero-order chi connectivity index (χ0) is 18.4. The average molecular weight is 376 g/mol. The van der Waals surface area contributed by atoms with E-state index in [1.54, 1.807) is 19.2 Å². The minimum absolute atomic E-state index is 0.0908. The molecule has 0 aliphatic carbocycles. The quantitative estimate of drug-likeness (QED) is 0.803. The second-order valence-electron chi connectivity index (χ2n) is 5.95. The van der Waals surface area contributed by atoms with Crippen molar-refractivity contribution in [2.75, 3.05) is 45.2 Å². The molecule has 0 radical (unpaired) electrons. The van der Waals surface area contributed by atoms with Gasteiger partial charge in [-0.25, -0.2) is 0 Å². The Balaban J connectivity index is 1.73. The van der Waals surface area contributed by atoms with Gasteiger partial charge in [0, 0.05) is 31.7 Å². The van der Waals surface area contributed by atoms with Crippen molar-refractivity contribution in [1.82, 2.24) is 20.4 Å². The number of ether oxygens (including phenoxy) is 1. The standard InChI is InChI=1S/C18H22ClN5O2/c1-20-18(25)15-6-7-17(23-22-15)21-12-16(24-8-10-26-11-9-24)13-4-2-3-5-14(13)19/h2-7,16H,8-12H2,1H3,(H,20,25)(H,21,23). The Morgan fingerprint density at radius 3 is 2.65 bits per heavy atom. The van der Waals surface area contributed by atoms with Crippen molar-refractivity contribution in [2.45, 2.75) is 6.04 Å². The molecule has 1 aromatic carbocycles. The number of anilines is 1. The fourth-order valence-corrected chi connectivity index (χ4v) is 3.21. The van der Waals surface area contributed by atoms with Gasteiger partial charge in [-0.1, -0.05) is 29.8 Å². The summed E-state index contributed by atoms with van der Waals surface area (Å²) in [5.74, 6) is 0.356. The van der Waals surface area contributed by atoms with Crippen LogP contribution in [0.4, 0.5) is 5.82 Å². The third kappa shape index (κ3) is 4.49. The molecule has 3 rings (SSSR count). The van der Waals surface area contributed by atoms with Crippen LogP contribution in [0.1, 0.15) is 22.1 Å². The number of aromatic nitrogens is 2. The number of nitrogens with zero attached hydrogens (tertiary/aromatic N) is 3. The first-order valence-electron chi connectivity index (χ1n) is 8.55. The molecule has 2 heterocycles. The van der Waals surface area contributed by atoms with Gasteiger partial charge in [0.05, 0.1) is 19.3 Å². The van der Waals surface area contributed by atoms with E-state index in [0.29, 0.717) is 25.6 Å².